The second kappa shape index (κ2) is 8.89. The van der Waals surface area contributed by atoms with Crippen molar-refractivity contribution in [1.82, 2.24) is 28.5 Å². The van der Waals surface area contributed by atoms with Gasteiger partial charge in [-0.3, -0.25) is 8.97 Å². The molecule has 0 saturated heterocycles. The third-order valence-corrected chi connectivity index (χ3v) is 7.63. The number of hydrogen-bond acceptors (Lipinski definition) is 3. The molecule has 0 saturated carbocycles. The summed E-state index contributed by atoms with van der Waals surface area (Å²) in [6.45, 7) is 8.37. The Kier molecular flexibility index (Phi) is 5.02. The van der Waals surface area contributed by atoms with Gasteiger partial charge in [0.2, 0.25) is 11.7 Å². The Morgan fingerprint density at radius 3 is 2.00 bits per heavy atom. The molecule has 41 heavy (non-hydrogen) atoms. The van der Waals surface area contributed by atoms with Gasteiger partial charge in [-0.05, 0) is 36.4 Å². The summed E-state index contributed by atoms with van der Waals surface area (Å²) in [5.74, 6) is 1.23. The number of para-hydroxylation sites is 3. The number of imidazole rings is 2. The Balaban J connectivity index is 1.53. The smallest absolute Gasteiger partial charge is 0.238 e. The molecule has 6 heteroatoms. The lowest BCUT2D eigenvalue weighted by Gasteiger charge is -2.11. The van der Waals surface area contributed by atoms with Gasteiger partial charge in [0.25, 0.3) is 0 Å². The van der Waals surface area contributed by atoms with Crippen molar-refractivity contribution in [3.05, 3.63) is 134 Å². The normalized spacial score (nSPS) is 11.6. The molecule has 0 atom stereocenters. The highest BCUT2D eigenvalue weighted by atomic mass is 15.3. The monoisotopic (exact) mass is 528 g/mol. The van der Waals surface area contributed by atoms with Crippen molar-refractivity contribution >= 4 is 50.9 Å². The van der Waals surface area contributed by atoms with E-state index >= 15 is 0 Å². The molecule has 8 aromatic rings. The van der Waals surface area contributed by atoms with Crippen LogP contribution in [0.2, 0.25) is 0 Å². The van der Waals surface area contributed by atoms with Gasteiger partial charge in [0.1, 0.15) is 5.52 Å². The zero-order valence-corrected chi connectivity index (χ0v) is 22.1. The molecule has 0 unspecified atom stereocenters. The van der Waals surface area contributed by atoms with Crippen molar-refractivity contribution in [2.75, 3.05) is 0 Å². The fourth-order valence-electron chi connectivity index (χ4n) is 5.89. The Morgan fingerprint density at radius 1 is 0.585 bits per heavy atom. The highest BCUT2D eigenvalue weighted by Crippen LogP contribution is 2.36. The van der Waals surface area contributed by atoms with Gasteiger partial charge in [-0.2, -0.15) is 0 Å². The van der Waals surface area contributed by atoms with Crippen LogP contribution in [0.4, 0.5) is 0 Å². The van der Waals surface area contributed by atoms with Gasteiger partial charge in [0, 0.05) is 22.0 Å². The summed E-state index contributed by atoms with van der Waals surface area (Å²) in [7, 11) is 0. The summed E-state index contributed by atoms with van der Waals surface area (Å²) in [4.78, 5) is 15.5. The second-order valence-corrected chi connectivity index (χ2v) is 9.88. The maximum absolute atomic E-state index is 5.26. The van der Waals surface area contributed by atoms with Gasteiger partial charge in [-0.15, -0.1) is 0 Å². The number of fused-ring (bicyclic) bond motifs is 6. The molecular formula is C35H24N6. The lowest BCUT2D eigenvalue weighted by Crippen LogP contribution is -2.06. The first-order valence-corrected chi connectivity index (χ1v) is 13.5. The Morgan fingerprint density at radius 2 is 1.24 bits per heavy atom. The average Bonchev–Trinajstić information content (AvgIpc) is 3.66. The van der Waals surface area contributed by atoms with Crippen LogP contribution in [0.25, 0.3) is 73.8 Å². The van der Waals surface area contributed by atoms with Crippen LogP contribution in [0.1, 0.15) is 11.4 Å². The van der Waals surface area contributed by atoms with E-state index in [0.29, 0.717) is 11.7 Å². The highest BCUT2D eigenvalue weighted by Gasteiger charge is 2.26. The zero-order valence-electron chi connectivity index (χ0n) is 22.1. The largest absolute Gasteiger partial charge is 0.294 e. The molecule has 0 amide bonds. The third-order valence-electron chi connectivity index (χ3n) is 7.63. The first-order chi connectivity index (χ1) is 20.3. The molecule has 0 spiro atoms. The van der Waals surface area contributed by atoms with Gasteiger partial charge in [0.15, 0.2) is 5.65 Å². The van der Waals surface area contributed by atoms with Crippen LogP contribution in [0.5, 0.6) is 0 Å². The second-order valence-electron chi connectivity index (χ2n) is 9.88. The molecule has 0 bridgehead atoms. The van der Waals surface area contributed by atoms with Crippen molar-refractivity contribution in [3.8, 4) is 22.9 Å². The van der Waals surface area contributed by atoms with Gasteiger partial charge in [-0.25, -0.2) is 19.5 Å². The molecule has 4 aromatic heterocycles. The summed E-state index contributed by atoms with van der Waals surface area (Å²) in [6, 6.07) is 37.1. The van der Waals surface area contributed by atoms with E-state index in [0.717, 1.165) is 61.3 Å². The van der Waals surface area contributed by atoms with Crippen LogP contribution in [-0.4, -0.2) is 28.5 Å². The zero-order chi connectivity index (χ0) is 27.5. The average molecular weight is 529 g/mol. The van der Waals surface area contributed by atoms with E-state index in [2.05, 4.69) is 88.9 Å². The molecule has 0 aliphatic heterocycles. The fourth-order valence-corrected chi connectivity index (χ4v) is 5.89. The summed E-state index contributed by atoms with van der Waals surface area (Å²) >= 11 is 0. The predicted octanol–water partition coefficient (Wildman–Crippen LogP) is 8.12. The number of rotatable bonds is 5. The number of hydrogen-bond donors (Lipinski definition) is 0. The van der Waals surface area contributed by atoms with Gasteiger partial charge < -0.3 is 0 Å². The minimum Gasteiger partial charge on any atom is -0.294 e. The molecular weight excluding hydrogens is 504 g/mol. The SMILES string of the molecule is C=Cc1c(C=C)n2c(nc3c4ccccc4n(-c4ccccc4)c32)n1-c1nc(-c2ccccc2)c2ccccc2n1. The van der Waals surface area contributed by atoms with Crippen LogP contribution >= 0.6 is 0 Å². The van der Waals surface area contributed by atoms with E-state index in [4.69, 9.17) is 15.0 Å². The van der Waals surface area contributed by atoms with Crippen LogP contribution in [0, 0.1) is 0 Å². The van der Waals surface area contributed by atoms with Crippen LogP contribution in [-0.2, 0) is 0 Å². The Bertz CT molecular complexity index is 2280. The highest BCUT2D eigenvalue weighted by molar-refractivity contribution is 6.07. The number of aromatic nitrogens is 6. The molecule has 0 fully saturated rings. The van der Waals surface area contributed by atoms with E-state index in [9.17, 15) is 0 Å². The molecule has 8 rings (SSSR count). The summed E-state index contributed by atoms with van der Waals surface area (Å²) < 4.78 is 6.39. The molecule has 6 nitrogen and oxygen atoms in total. The molecule has 0 aliphatic rings. The van der Waals surface area contributed by atoms with E-state index < -0.39 is 0 Å². The topological polar surface area (TPSA) is 52.9 Å². The van der Waals surface area contributed by atoms with Crippen molar-refractivity contribution in [1.29, 1.82) is 0 Å². The Labute approximate surface area is 235 Å². The lowest BCUT2D eigenvalue weighted by molar-refractivity contribution is 0.953. The molecule has 194 valence electrons. The van der Waals surface area contributed by atoms with Crippen LogP contribution < -0.4 is 0 Å². The Hall–Kier alpha value is -5.75. The van der Waals surface area contributed by atoms with Crippen molar-refractivity contribution in [2.24, 2.45) is 0 Å². The van der Waals surface area contributed by atoms with E-state index in [1.54, 1.807) is 0 Å². The molecule has 4 heterocycles. The molecule has 4 aromatic carbocycles. The van der Waals surface area contributed by atoms with E-state index in [1.165, 1.54) is 0 Å². The van der Waals surface area contributed by atoms with Gasteiger partial charge in [-0.1, -0.05) is 98.1 Å². The maximum atomic E-state index is 5.26. The number of benzene rings is 4. The molecule has 0 N–H and O–H groups in total. The summed E-state index contributed by atoms with van der Waals surface area (Å²) in [5, 5.41) is 2.06. The van der Waals surface area contributed by atoms with Crippen molar-refractivity contribution < 1.29 is 0 Å². The van der Waals surface area contributed by atoms with Crippen LogP contribution in [0.15, 0.2) is 122 Å². The van der Waals surface area contributed by atoms with Gasteiger partial charge >= 0.3 is 0 Å². The first-order valence-electron chi connectivity index (χ1n) is 13.5. The summed E-state index contributed by atoms with van der Waals surface area (Å²) in [5.41, 5.74) is 8.42. The molecule has 0 radical (unpaired) electrons. The lowest BCUT2D eigenvalue weighted by atomic mass is 10.1. The molecule has 0 aliphatic carbocycles. The van der Waals surface area contributed by atoms with Gasteiger partial charge in [0.05, 0.1) is 28.1 Å². The van der Waals surface area contributed by atoms with Crippen molar-refractivity contribution in [2.45, 2.75) is 0 Å². The number of nitrogens with zero attached hydrogens (tertiary/aromatic N) is 6. The predicted molar refractivity (Wildman–Crippen MR) is 168 cm³/mol. The third kappa shape index (κ3) is 3.28. The first kappa shape index (κ1) is 23.2. The van der Waals surface area contributed by atoms with Crippen molar-refractivity contribution in [3.63, 3.8) is 0 Å². The standard InChI is InChI=1S/C35H24N6/c1-3-28-29(4-2)41(34-36-27-21-13-11-19-25(27)31(37-34)23-15-7-5-8-16-23)35-38-32-26-20-12-14-22-30(26)39(33(32)40(28)35)24-17-9-6-10-18-24/h3-22H,1-2H2. The van der Waals surface area contributed by atoms with E-state index in [-0.39, 0.29) is 0 Å². The minimum absolute atomic E-state index is 0.527. The maximum Gasteiger partial charge on any atom is 0.238 e. The fraction of sp³-hybridized carbons (Fsp3) is 0. The summed E-state index contributed by atoms with van der Waals surface area (Å²) in [6.07, 6.45) is 3.68. The van der Waals surface area contributed by atoms with E-state index in [1.807, 2.05) is 59.2 Å². The van der Waals surface area contributed by atoms with Crippen LogP contribution in [0.3, 0.4) is 0 Å². The quantitative estimate of drug-likeness (QED) is 0.227. The minimum atomic E-state index is 0.527.